The Morgan fingerprint density at radius 3 is 2.00 bits per heavy atom. The average Bonchev–Trinajstić information content (AvgIpc) is 2.33. The van der Waals surface area contributed by atoms with Crippen molar-refractivity contribution in [3.63, 3.8) is 0 Å². The molecule has 0 radical (unpaired) electrons. The van der Waals surface area contributed by atoms with Crippen LogP contribution >= 0.6 is 0 Å². The number of nitrogens with one attached hydrogen (secondary N) is 1. The fourth-order valence-electron chi connectivity index (χ4n) is 1.66. The van der Waals surface area contributed by atoms with Gasteiger partial charge < -0.3 is 0 Å². The Bertz CT molecular complexity index is 685. The van der Waals surface area contributed by atoms with Crippen molar-refractivity contribution >= 4 is 19.8 Å². The van der Waals surface area contributed by atoms with Crippen LogP contribution in [-0.2, 0) is 25.2 Å². The van der Waals surface area contributed by atoms with Crippen molar-refractivity contribution in [2.75, 3.05) is 25.6 Å². The van der Waals surface area contributed by atoms with Crippen LogP contribution in [0.2, 0.25) is 0 Å². The molecular formula is C14H24N2O3S2. The van der Waals surface area contributed by atoms with Gasteiger partial charge in [0.2, 0.25) is 10.0 Å². The number of hydrogen-bond donors (Lipinski definition) is 1. The van der Waals surface area contributed by atoms with Crippen LogP contribution in [0, 0.1) is 0 Å². The molecule has 0 aliphatic carbocycles. The maximum atomic E-state index is 12.1. The standard InChI is InChI=1S/C14H24N2O3S2/c1-14(2,3)12-6-8-13(9-7-12)21(18,19)16-11-10-15-20(4,5)17/h6-9,16H,10-11H2,1-5H3. The fourth-order valence-corrected chi connectivity index (χ4v) is 3.21. The molecule has 7 heteroatoms. The molecule has 1 N–H and O–H groups in total. The number of rotatable bonds is 5. The van der Waals surface area contributed by atoms with Gasteiger partial charge in [0.25, 0.3) is 0 Å². The molecule has 0 fully saturated rings. The molecule has 0 aliphatic rings. The number of hydrogen-bond acceptors (Lipinski definition) is 4. The van der Waals surface area contributed by atoms with Crippen LogP contribution in [0.15, 0.2) is 33.5 Å². The van der Waals surface area contributed by atoms with E-state index in [-0.39, 0.29) is 23.4 Å². The number of benzene rings is 1. The van der Waals surface area contributed by atoms with Gasteiger partial charge >= 0.3 is 0 Å². The zero-order chi connectivity index (χ0) is 16.3. The molecule has 0 saturated carbocycles. The van der Waals surface area contributed by atoms with Crippen LogP contribution in [0.3, 0.4) is 0 Å². The summed E-state index contributed by atoms with van der Waals surface area (Å²) in [6, 6.07) is 6.85. The molecule has 0 spiro atoms. The summed E-state index contributed by atoms with van der Waals surface area (Å²) in [7, 11) is -5.73. The van der Waals surface area contributed by atoms with E-state index in [0.717, 1.165) is 5.56 Å². The predicted molar refractivity (Wildman–Crippen MR) is 87.6 cm³/mol. The van der Waals surface area contributed by atoms with Gasteiger partial charge in [-0.3, -0.25) is 4.21 Å². The van der Waals surface area contributed by atoms with E-state index in [4.69, 9.17) is 0 Å². The normalized spacial score (nSPS) is 13.2. The first-order valence-electron chi connectivity index (χ1n) is 6.65. The van der Waals surface area contributed by atoms with Crippen LogP contribution in [0.5, 0.6) is 0 Å². The van der Waals surface area contributed by atoms with Crippen molar-refractivity contribution in [2.45, 2.75) is 31.1 Å². The minimum absolute atomic E-state index is 0.0168. The monoisotopic (exact) mass is 332 g/mol. The van der Waals surface area contributed by atoms with Crippen molar-refractivity contribution in [1.29, 1.82) is 0 Å². The first-order valence-corrected chi connectivity index (χ1v) is 10.5. The van der Waals surface area contributed by atoms with Gasteiger partial charge in [0.05, 0.1) is 11.4 Å². The first kappa shape index (κ1) is 18.1. The smallest absolute Gasteiger partial charge is 0.240 e. The highest BCUT2D eigenvalue weighted by molar-refractivity contribution is 7.92. The van der Waals surface area contributed by atoms with E-state index in [1.54, 1.807) is 12.1 Å². The van der Waals surface area contributed by atoms with Gasteiger partial charge in [0.15, 0.2) is 0 Å². The zero-order valence-corrected chi connectivity index (χ0v) is 14.8. The molecule has 1 rings (SSSR count). The Hall–Kier alpha value is -0.920. The fraction of sp³-hybridized carbons (Fsp3) is 0.571. The van der Waals surface area contributed by atoms with Gasteiger partial charge in [0, 0.05) is 28.8 Å². The molecule has 0 unspecified atom stereocenters. The Labute approximate surface area is 128 Å². The van der Waals surface area contributed by atoms with Crippen molar-refractivity contribution in [3.05, 3.63) is 29.8 Å². The molecule has 0 heterocycles. The van der Waals surface area contributed by atoms with Crippen molar-refractivity contribution < 1.29 is 12.6 Å². The van der Waals surface area contributed by atoms with Crippen molar-refractivity contribution in [1.82, 2.24) is 4.72 Å². The molecule has 0 bridgehead atoms. The molecular weight excluding hydrogens is 308 g/mol. The van der Waals surface area contributed by atoms with Crippen molar-refractivity contribution in [2.24, 2.45) is 4.36 Å². The van der Waals surface area contributed by atoms with Gasteiger partial charge in [-0.05, 0) is 23.1 Å². The van der Waals surface area contributed by atoms with E-state index in [9.17, 15) is 12.6 Å². The third kappa shape index (κ3) is 6.15. The highest BCUT2D eigenvalue weighted by atomic mass is 32.2. The highest BCUT2D eigenvalue weighted by Gasteiger charge is 2.17. The minimum Gasteiger partial charge on any atom is -0.250 e. The van der Waals surface area contributed by atoms with Gasteiger partial charge in [-0.25, -0.2) is 17.5 Å². The van der Waals surface area contributed by atoms with E-state index < -0.39 is 19.8 Å². The first-order chi connectivity index (χ1) is 9.42. The number of sulfonamides is 1. The molecule has 120 valence electrons. The Balaban J connectivity index is 2.78. The predicted octanol–water partition coefficient (Wildman–Crippen LogP) is 1.99. The lowest BCUT2D eigenvalue weighted by Crippen LogP contribution is -2.26. The third-order valence-electron chi connectivity index (χ3n) is 2.84. The van der Waals surface area contributed by atoms with E-state index in [2.05, 4.69) is 29.9 Å². The summed E-state index contributed by atoms with van der Waals surface area (Å²) in [4.78, 5) is 0.226. The van der Waals surface area contributed by atoms with Gasteiger partial charge in [-0.15, -0.1) is 0 Å². The summed E-state index contributed by atoms with van der Waals surface area (Å²) in [5, 5.41) is 0. The molecule has 5 nitrogen and oxygen atoms in total. The third-order valence-corrected chi connectivity index (χ3v) is 5.12. The van der Waals surface area contributed by atoms with Gasteiger partial charge in [-0.1, -0.05) is 32.9 Å². The second-order valence-electron chi connectivity index (χ2n) is 6.21. The summed E-state index contributed by atoms with van der Waals surface area (Å²) in [6.45, 7) is 6.56. The minimum atomic E-state index is -3.54. The lowest BCUT2D eigenvalue weighted by Gasteiger charge is -2.19. The molecule has 21 heavy (non-hydrogen) atoms. The summed E-state index contributed by atoms with van der Waals surface area (Å²) in [6.07, 6.45) is 3.04. The van der Waals surface area contributed by atoms with Crippen LogP contribution < -0.4 is 4.72 Å². The molecule has 0 aromatic heterocycles. The van der Waals surface area contributed by atoms with Gasteiger partial charge in [-0.2, -0.15) is 0 Å². The SMILES string of the molecule is CC(C)(C)c1ccc(S(=O)(=O)NCCN=S(C)(C)=O)cc1. The molecule has 1 aromatic carbocycles. The van der Waals surface area contributed by atoms with Crippen LogP contribution in [0.4, 0.5) is 0 Å². The second-order valence-corrected chi connectivity index (χ2v) is 10.6. The summed E-state index contributed by atoms with van der Waals surface area (Å²) >= 11 is 0. The Morgan fingerprint density at radius 1 is 1.05 bits per heavy atom. The number of nitrogens with zero attached hydrogens (tertiary/aromatic N) is 1. The van der Waals surface area contributed by atoms with Crippen LogP contribution in [0.25, 0.3) is 0 Å². The maximum absolute atomic E-state index is 12.1. The second kappa shape index (κ2) is 6.46. The maximum Gasteiger partial charge on any atom is 0.240 e. The van der Waals surface area contributed by atoms with E-state index in [0.29, 0.717) is 0 Å². The summed E-state index contributed by atoms with van der Waals surface area (Å²) < 4.78 is 41.9. The van der Waals surface area contributed by atoms with E-state index >= 15 is 0 Å². The van der Waals surface area contributed by atoms with E-state index in [1.807, 2.05) is 12.1 Å². The summed E-state index contributed by atoms with van der Waals surface area (Å²) in [5.74, 6) is 0. The Kier molecular flexibility index (Phi) is 5.57. The highest BCUT2D eigenvalue weighted by Crippen LogP contribution is 2.23. The van der Waals surface area contributed by atoms with Gasteiger partial charge in [0.1, 0.15) is 0 Å². The largest absolute Gasteiger partial charge is 0.250 e. The summed E-state index contributed by atoms with van der Waals surface area (Å²) in [5.41, 5.74) is 1.06. The van der Waals surface area contributed by atoms with E-state index in [1.165, 1.54) is 12.5 Å². The van der Waals surface area contributed by atoms with Crippen LogP contribution in [0.1, 0.15) is 26.3 Å². The van der Waals surface area contributed by atoms with Crippen LogP contribution in [-0.4, -0.2) is 38.2 Å². The topological polar surface area (TPSA) is 75.6 Å². The average molecular weight is 332 g/mol. The molecule has 1 aromatic rings. The zero-order valence-electron chi connectivity index (χ0n) is 13.2. The lowest BCUT2D eigenvalue weighted by molar-refractivity contribution is 0.579. The molecule has 0 saturated heterocycles. The Morgan fingerprint density at radius 2 is 1.57 bits per heavy atom. The quantitative estimate of drug-likeness (QED) is 0.838. The lowest BCUT2D eigenvalue weighted by atomic mass is 9.87. The van der Waals surface area contributed by atoms with Crippen molar-refractivity contribution in [3.8, 4) is 0 Å². The molecule has 0 amide bonds. The molecule has 0 aliphatic heterocycles. The molecule has 0 atom stereocenters.